The van der Waals surface area contributed by atoms with E-state index in [1.54, 1.807) is 0 Å². The van der Waals surface area contributed by atoms with Crippen LogP contribution >= 0.6 is 23.2 Å². The molecule has 25 heavy (non-hydrogen) atoms. The summed E-state index contributed by atoms with van der Waals surface area (Å²) in [4.78, 5) is -0.509. The minimum Gasteiger partial charge on any atom is -0.744 e. The number of halogens is 2. The van der Waals surface area contributed by atoms with Crippen LogP contribution in [0.4, 0.5) is 0 Å². The summed E-state index contributed by atoms with van der Waals surface area (Å²) in [6, 6.07) is 8.41. The van der Waals surface area contributed by atoms with Gasteiger partial charge >= 0.3 is 23.1 Å². The molecule has 0 radical (unpaired) electrons. The molecule has 0 unspecified atom stereocenters. The van der Waals surface area contributed by atoms with Gasteiger partial charge in [-0.1, -0.05) is 35.3 Å². The molecule has 0 aliphatic rings. The molecule has 6 nitrogen and oxygen atoms in total. The summed E-state index contributed by atoms with van der Waals surface area (Å²) in [6.45, 7) is 2.99. The van der Waals surface area contributed by atoms with Crippen LogP contribution in [0.1, 0.15) is 11.1 Å². The van der Waals surface area contributed by atoms with Crippen LogP contribution in [-0.4, -0.2) is 49.0 Å². The normalized spacial score (nSPS) is 11.1. The van der Waals surface area contributed by atoms with Crippen molar-refractivity contribution in [2.45, 2.75) is 23.6 Å². The molecule has 0 saturated heterocycles. The molecule has 0 N–H and O–H groups in total. The van der Waals surface area contributed by atoms with Crippen molar-refractivity contribution in [1.29, 1.82) is 0 Å². The van der Waals surface area contributed by atoms with E-state index in [1.807, 2.05) is 0 Å². The minimum absolute atomic E-state index is 0. The van der Waals surface area contributed by atoms with Crippen LogP contribution in [0.15, 0.2) is 46.2 Å². The predicted molar refractivity (Wildman–Crippen MR) is 94.1 cm³/mol. The van der Waals surface area contributed by atoms with Crippen LogP contribution < -0.4 is 0 Å². The van der Waals surface area contributed by atoms with Crippen molar-refractivity contribution < 1.29 is 25.9 Å². The molecule has 2 rings (SSSR count). The Labute approximate surface area is 172 Å². The van der Waals surface area contributed by atoms with E-state index in [2.05, 4.69) is 0 Å². The van der Waals surface area contributed by atoms with E-state index >= 15 is 0 Å². The van der Waals surface area contributed by atoms with Gasteiger partial charge in [-0.3, -0.25) is 0 Å². The summed E-state index contributed by atoms with van der Waals surface area (Å²) in [5, 5.41) is 0.568. The molecule has 11 heteroatoms. The number of benzene rings is 2. The summed E-state index contributed by atoms with van der Waals surface area (Å²) >= 11 is 11.2. The van der Waals surface area contributed by atoms with Crippen molar-refractivity contribution in [3.63, 3.8) is 0 Å². The first-order valence-corrected chi connectivity index (χ1v) is 9.85. The first-order chi connectivity index (χ1) is 10.9. The first-order valence-electron chi connectivity index (χ1n) is 6.27. The molecule has 0 heterocycles. The van der Waals surface area contributed by atoms with Crippen molar-refractivity contribution in [2.24, 2.45) is 0 Å². The molecule has 0 aliphatic heterocycles. The second kappa shape index (κ2) is 9.52. The van der Waals surface area contributed by atoms with Gasteiger partial charge in [0.1, 0.15) is 20.2 Å². The molecule has 132 valence electrons. The molecular formula is C14H12Cl2MgO6S2. The fraction of sp³-hybridized carbons (Fsp3) is 0.143. The number of hydrogen-bond donors (Lipinski definition) is 0. The Balaban J connectivity index is 0.000000443. The Hall–Kier alpha value is -0.394. The molecule has 0 amide bonds. The van der Waals surface area contributed by atoms with Gasteiger partial charge in [-0.15, -0.1) is 0 Å². The van der Waals surface area contributed by atoms with Gasteiger partial charge < -0.3 is 9.11 Å². The molecule has 2 aromatic rings. The number of rotatable bonds is 2. The summed E-state index contributed by atoms with van der Waals surface area (Å²) in [7, 11) is -8.78. The smallest absolute Gasteiger partial charge is 0.744 e. The van der Waals surface area contributed by atoms with Crippen molar-refractivity contribution in [1.82, 2.24) is 0 Å². The van der Waals surface area contributed by atoms with Crippen molar-refractivity contribution in [3.05, 3.63) is 57.6 Å². The molecule has 0 fully saturated rings. The molecular weight excluding hydrogens is 423 g/mol. The standard InChI is InChI=1S/2C7H7ClO3S.Mg/c2*1-5-6(8)3-2-4-7(5)12(9,10)11;/h2*2-4H,1H3,(H,9,10,11);/q;;+2/p-2. The average molecular weight is 436 g/mol. The van der Waals surface area contributed by atoms with E-state index < -0.39 is 20.2 Å². The van der Waals surface area contributed by atoms with E-state index in [1.165, 1.54) is 50.2 Å². The maximum absolute atomic E-state index is 10.6. The third-order valence-corrected chi connectivity index (χ3v) is 5.76. The van der Waals surface area contributed by atoms with Gasteiger partial charge in [0.15, 0.2) is 0 Å². The first kappa shape index (κ1) is 24.6. The van der Waals surface area contributed by atoms with Crippen molar-refractivity contribution >= 4 is 66.5 Å². The van der Waals surface area contributed by atoms with Crippen molar-refractivity contribution in [2.75, 3.05) is 0 Å². The maximum atomic E-state index is 10.6. The van der Waals surface area contributed by atoms with Crippen LogP contribution in [0.25, 0.3) is 0 Å². The molecule has 0 atom stereocenters. The SMILES string of the molecule is Cc1c(Cl)cccc1S(=O)(=O)[O-].Cc1c(Cl)cccc1S(=O)(=O)[O-].[Mg+2]. The Kier molecular flexibility index (Phi) is 9.37. The predicted octanol–water partition coefficient (Wildman–Crippen LogP) is 2.72. The van der Waals surface area contributed by atoms with Gasteiger partial charge in [0, 0.05) is 10.0 Å². The Morgan fingerprint density at radius 2 is 1.00 bits per heavy atom. The van der Waals surface area contributed by atoms with Gasteiger partial charge in [0.25, 0.3) is 0 Å². The van der Waals surface area contributed by atoms with E-state index in [-0.39, 0.29) is 42.9 Å². The zero-order valence-electron chi connectivity index (χ0n) is 13.2. The van der Waals surface area contributed by atoms with Gasteiger partial charge in [-0.25, -0.2) is 16.8 Å². The summed E-state index contributed by atoms with van der Waals surface area (Å²) < 4.78 is 63.6. The van der Waals surface area contributed by atoms with Gasteiger partial charge in [-0.05, 0) is 49.2 Å². The molecule has 0 spiro atoms. The van der Waals surface area contributed by atoms with Gasteiger partial charge in [0.05, 0.1) is 9.79 Å². The monoisotopic (exact) mass is 434 g/mol. The third kappa shape index (κ3) is 7.03. The zero-order valence-corrected chi connectivity index (χ0v) is 17.8. The van der Waals surface area contributed by atoms with E-state index in [9.17, 15) is 25.9 Å². The second-order valence-electron chi connectivity index (χ2n) is 4.63. The van der Waals surface area contributed by atoms with Crippen molar-refractivity contribution in [3.8, 4) is 0 Å². The third-order valence-electron chi connectivity index (χ3n) is 2.97. The molecule has 0 bridgehead atoms. The zero-order chi connectivity index (χ0) is 18.7. The topological polar surface area (TPSA) is 114 Å². The Bertz CT molecular complexity index is 880. The Morgan fingerprint density at radius 1 is 0.720 bits per heavy atom. The van der Waals surface area contributed by atoms with E-state index in [4.69, 9.17) is 23.2 Å². The van der Waals surface area contributed by atoms with E-state index in [0.717, 1.165) is 0 Å². The average Bonchev–Trinajstić information content (AvgIpc) is 2.43. The number of hydrogen-bond acceptors (Lipinski definition) is 6. The summed E-state index contributed by atoms with van der Waals surface area (Å²) in [6.07, 6.45) is 0. The quantitative estimate of drug-likeness (QED) is 0.529. The second-order valence-corrected chi connectivity index (χ2v) is 8.14. The fourth-order valence-electron chi connectivity index (χ4n) is 1.72. The van der Waals surface area contributed by atoms with Gasteiger partial charge in [0.2, 0.25) is 0 Å². The fourth-order valence-corrected chi connectivity index (χ4v) is 3.64. The molecule has 2 aromatic carbocycles. The van der Waals surface area contributed by atoms with E-state index in [0.29, 0.717) is 11.1 Å². The largest absolute Gasteiger partial charge is 2.00 e. The summed E-state index contributed by atoms with van der Waals surface area (Å²) in [5.41, 5.74) is 0.600. The molecule has 0 aliphatic carbocycles. The van der Waals surface area contributed by atoms with Crippen LogP contribution in [0.3, 0.4) is 0 Å². The Morgan fingerprint density at radius 3 is 1.20 bits per heavy atom. The van der Waals surface area contributed by atoms with Gasteiger partial charge in [-0.2, -0.15) is 0 Å². The van der Waals surface area contributed by atoms with Crippen LogP contribution in [0, 0.1) is 13.8 Å². The molecule has 0 aromatic heterocycles. The van der Waals surface area contributed by atoms with Crippen LogP contribution in [0.2, 0.25) is 10.0 Å². The minimum atomic E-state index is -4.39. The summed E-state index contributed by atoms with van der Waals surface area (Å²) in [5.74, 6) is 0. The van der Waals surface area contributed by atoms with Crippen LogP contribution in [0.5, 0.6) is 0 Å². The van der Waals surface area contributed by atoms with Crippen LogP contribution in [-0.2, 0) is 20.2 Å². The maximum Gasteiger partial charge on any atom is 2.00 e. The molecule has 0 saturated carbocycles.